The van der Waals surface area contributed by atoms with Crippen LogP contribution in [0.3, 0.4) is 0 Å². The minimum absolute atomic E-state index is 0.161. The highest BCUT2D eigenvalue weighted by atomic mass is 16.6. The van der Waals surface area contributed by atoms with Gasteiger partial charge < -0.3 is 14.6 Å². The normalized spacial score (nSPS) is 19.4. The molecule has 1 N–H and O–H groups in total. The van der Waals surface area contributed by atoms with Crippen molar-refractivity contribution in [1.82, 2.24) is 9.80 Å². The van der Waals surface area contributed by atoms with Crippen molar-refractivity contribution < 1.29 is 19.4 Å². The maximum Gasteiger partial charge on any atom is 0.410 e. The summed E-state index contributed by atoms with van der Waals surface area (Å²) >= 11 is 0. The highest BCUT2D eigenvalue weighted by Gasteiger charge is 2.37. The number of nitrogens with zero attached hydrogens (tertiary/aromatic N) is 2. The van der Waals surface area contributed by atoms with E-state index in [4.69, 9.17) is 9.84 Å². The van der Waals surface area contributed by atoms with Crippen LogP contribution in [0.15, 0.2) is 30.3 Å². The molecule has 0 bridgehead atoms. The van der Waals surface area contributed by atoms with Gasteiger partial charge in [-0.05, 0) is 39.7 Å². The molecule has 1 amide bonds. The topological polar surface area (TPSA) is 62.2 Å². The van der Waals surface area contributed by atoms with Crippen molar-refractivity contribution in [2.24, 2.45) is 0 Å². The van der Waals surface area contributed by atoms with Crippen LogP contribution < -0.4 is 0 Å². The van der Waals surface area contributed by atoms with Crippen LogP contribution in [0, 0.1) is 0 Å². The third-order valence-corrected chi connectivity index (χ3v) is 4.33. The lowest BCUT2D eigenvalue weighted by atomic mass is 10.0. The molecule has 2 rings (SSSR count). The van der Waals surface area contributed by atoms with E-state index in [9.17, 15) is 4.79 Å². The van der Waals surface area contributed by atoms with Gasteiger partial charge in [-0.25, -0.2) is 4.79 Å². The first-order valence-corrected chi connectivity index (χ1v) is 10.3. The SMILES string of the molecule is CCCC1CN(Cc2ccccc2)CC(C)N1C(=O)OC(C)(C)C.CO.COC. The van der Waals surface area contributed by atoms with Crippen LogP contribution in [0.4, 0.5) is 4.79 Å². The minimum atomic E-state index is -0.450. The second kappa shape index (κ2) is 14.4. The fourth-order valence-corrected chi connectivity index (χ4v) is 3.46. The number of hydrogen-bond donors (Lipinski definition) is 1. The summed E-state index contributed by atoms with van der Waals surface area (Å²) in [4.78, 5) is 17.1. The minimum Gasteiger partial charge on any atom is -0.444 e. The molecule has 1 saturated heterocycles. The van der Waals surface area contributed by atoms with Gasteiger partial charge in [0.2, 0.25) is 0 Å². The lowest BCUT2D eigenvalue weighted by Crippen LogP contribution is -2.60. The summed E-state index contributed by atoms with van der Waals surface area (Å²) in [5, 5.41) is 7.00. The number of rotatable bonds is 4. The molecule has 0 spiro atoms. The van der Waals surface area contributed by atoms with Crippen molar-refractivity contribution in [3.8, 4) is 0 Å². The maximum absolute atomic E-state index is 12.7. The second-order valence-corrected chi connectivity index (χ2v) is 8.27. The average molecular weight is 411 g/mol. The van der Waals surface area contributed by atoms with Crippen LogP contribution in [0.2, 0.25) is 0 Å². The standard InChI is InChI=1S/C20H32N2O2.C2H6O.CH4O/c1-6-10-18-15-21(14-17-11-8-7-9-12-17)13-16(2)22(18)19(23)24-20(3,4)5;1-3-2;1-2/h7-9,11-12,16,18H,6,10,13-15H2,1-5H3;1-2H3;2H,1H3. The third kappa shape index (κ3) is 10.6. The first-order valence-electron chi connectivity index (χ1n) is 10.3. The van der Waals surface area contributed by atoms with Crippen molar-refractivity contribution in [2.75, 3.05) is 34.4 Å². The number of aliphatic hydroxyl groups is 1. The molecule has 2 unspecified atom stereocenters. The summed E-state index contributed by atoms with van der Waals surface area (Å²) in [6, 6.07) is 10.9. The van der Waals surface area contributed by atoms with Crippen molar-refractivity contribution in [3.05, 3.63) is 35.9 Å². The fourth-order valence-electron chi connectivity index (χ4n) is 3.46. The Hall–Kier alpha value is -1.63. The number of methoxy groups -OCH3 is 1. The molecule has 6 heteroatoms. The lowest BCUT2D eigenvalue weighted by Gasteiger charge is -2.45. The van der Waals surface area contributed by atoms with Gasteiger partial charge >= 0.3 is 6.09 Å². The summed E-state index contributed by atoms with van der Waals surface area (Å²) in [6.07, 6.45) is 1.90. The van der Waals surface area contributed by atoms with Crippen LogP contribution in [0.5, 0.6) is 0 Å². The monoisotopic (exact) mass is 410 g/mol. The van der Waals surface area contributed by atoms with Gasteiger partial charge in [0.1, 0.15) is 5.60 Å². The Balaban J connectivity index is 0.00000143. The van der Waals surface area contributed by atoms with Crippen LogP contribution in [-0.2, 0) is 16.0 Å². The lowest BCUT2D eigenvalue weighted by molar-refractivity contribution is -0.0214. The van der Waals surface area contributed by atoms with Gasteiger partial charge in [-0.1, -0.05) is 43.7 Å². The highest BCUT2D eigenvalue weighted by Crippen LogP contribution is 2.24. The number of amides is 1. The number of benzene rings is 1. The van der Waals surface area contributed by atoms with Crippen molar-refractivity contribution in [1.29, 1.82) is 0 Å². The molecular formula is C23H42N2O4. The van der Waals surface area contributed by atoms with E-state index in [1.54, 1.807) is 14.2 Å². The van der Waals surface area contributed by atoms with E-state index >= 15 is 0 Å². The molecule has 1 heterocycles. The van der Waals surface area contributed by atoms with Crippen molar-refractivity contribution in [3.63, 3.8) is 0 Å². The third-order valence-electron chi connectivity index (χ3n) is 4.33. The molecule has 0 aromatic heterocycles. The molecule has 29 heavy (non-hydrogen) atoms. The van der Waals surface area contributed by atoms with Gasteiger partial charge in [-0.15, -0.1) is 0 Å². The van der Waals surface area contributed by atoms with E-state index in [-0.39, 0.29) is 18.2 Å². The largest absolute Gasteiger partial charge is 0.444 e. The molecule has 0 saturated carbocycles. The number of piperazine rings is 1. The van der Waals surface area contributed by atoms with E-state index in [1.165, 1.54) is 5.56 Å². The smallest absolute Gasteiger partial charge is 0.410 e. The Morgan fingerprint density at radius 3 is 2.17 bits per heavy atom. The Kier molecular flexibility index (Phi) is 13.6. The molecule has 168 valence electrons. The van der Waals surface area contributed by atoms with Gasteiger partial charge in [0.05, 0.1) is 0 Å². The first-order chi connectivity index (χ1) is 13.7. The first kappa shape index (κ1) is 27.4. The quantitative estimate of drug-likeness (QED) is 0.807. The zero-order valence-electron chi connectivity index (χ0n) is 19.6. The average Bonchev–Trinajstić information content (AvgIpc) is 2.63. The van der Waals surface area contributed by atoms with E-state index in [2.05, 4.69) is 47.7 Å². The molecule has 0 aliphatic carbocycles. The van der Waals surface area contributed by atoms with E-state index in [0.717, 1.165) is 39.6 Å². The fraction of sp³-hybridized carbons (Fsp3) is 0.696. The van der Waals surface area contributed by atoms with Gasteiger partial charge in [0.15, 0.2) is 0 Å². The molecule has 6 nitrogen and oxygen atoms in total. The predicted molar refractivity (Wildman–Crippen MR) is 119 cm³/mol. The van der Waals surface area contributed by atoms with Gasteiger partial charge in [-0.3, -0.25) is 9.80 Å². The molecule has 1 aromatic carbocycles. The number of carbonyl (C=O) groups excluding carboxylic acids is 1. The number of ether oxygens (including phenoxy) is 2. The highest BCUT2D eigenvalue weighted by molar-refractivity contribution is 5.69. The molecule has 1 aliphatic heterocycles. The van der Waals surface area contributed by atoms with Crippen LogP contribution in [0.25, 0.3) is 0 Å². The predicted octanol–water partition coefficient (Wildman–Crippen LogP) is 4.17. The molecule has 1 fully saturated rings. The van der Waals surface area contributed by atoms with Crippen LogP contribution in [0.1, 0.15) is 53.0 Å². The molecule has 1 aliphatic rings. The molecule has 0 radical (unpaired) electrons. The Bertz CT molecular complexity index is 546. The zero-order chi connectivity index (χ0) is 22.4. The molecule has 2 atom stereocenters. The summed E-state index contributed by atoms with van der Waals surface area (Å²) in [5.41, 5.74) is 0.875. The summed E-state index contributed by atoms with van der Waals surface area (Å²) in [5.74, 6) is 0. The number of carbonyl (C=O) groups is 1. The van der Waals surface area contributed by atoms with Gasteiger partial charge in [0, 0.05) is 53.0 Å². The zero-order valence-corrected chi connectivity index (χ0v) is 19.6. The Labute approximate surface area is 177 Å². The van der Waals surface area contributed by atoms with E-state index in [0.29, 0.717) is 0 Å². The molecule has 1 aromatic rings. The van der Waals surface area contributed by atoms with Gasteiger partial charge in [-0.2, -0.15) is 0 Å². The summed E-state index contributed by atoms with van der Waals surface area (Å²) in [6.45, 7) is 12.8. The van der Waals surface area contributed by atoms with Crippen LogP contribution in [-0.4, -0.2) is 73.1 Å². The number of hydrogen-bond acceptors (Lipinski definition) is 5. The van der Waals surface area contributed by atoms with Gasteiger partial charge in [0.25, 0.3) is 0 Å². The molecular weight excluding hydrogens is 368 g/mol. The maximum atomic E-state index is 12.7. The van der Waals surface area contributed by atoms with Crippen molar-refractivity contribution >= 4 is 6.09 Å². The second-order valence-electron chi connectivity index (χ2n) is 8.27. The summed E-state index contributed by atoms with van der Waals surface area (Å²) in [7, 11) is 4.25. The number of aliphatic hydroxyl groups excluding tert-OH is 1. The Morgan fingerprint density at radius 1 is 1.14 bits per heavy atom. The van der Waals surface area contributed by atoms with Crippen LogP contribution >= 0.6 is 0 Å². The van der Waals surface area contributed by atoms with E-state index in [1.807, 2.05) is 31.7 Å². The Morgan fingerprint density at radius 2 is 1.69 bits per heavy atom. The van der Waals surface area contributed by atoms with E-state index < -0.39 is 5.60 Å². The summed E-state index contributed by atoms with van der Waals surface area (Å²) < 4.78 is 9.90. The van der Waals surface area contributed by atoms with Crippen molar-refractivity contribution in [2.45, 2.75) is 71.7 Å².